The molecule has 0 aliphatic carbocycles. The zero-order valence-corrected chi connectivity index (χ0v) is 10.9. The van der Waals surface area contributed by atoms with Crippen LogP contribution in [0.1, 0.15) is 12.0 Å². The molecule has 1 unspecified atom stereocenters. The third-order valence-corrected chi connectivity index (χ3v) is 3.54. The molecule has 1 heterocycles. The van der Waals surface area contributed by atoms with Crippen LogP contribution >= 0.6 is 15.9 Å². The first kappa shape index (κ1) is 11.9. The lowest BCUT2D eigenvalue weighted by molar-refractivity contribution is 0.193. The van der Waals surface area contributed by atoms with Crippen LogP contribution in [0.2, 0.25) is 0 Å². The van der Waals surface area contributed by atoms with Crippen molar-refractivity contribution in [3.8, 4) is 0 Å². The summed E-state index contributed by atoms with van der Waals surface area (Å²) < 4.78 is 6.38. The van der Waals surface area contributed by atoms with E-state index in [1.54, 1.807) is 0 Å². The smallest absolute Gasteiger partial charge is 0.0702 e. The molecule has 0 amide bonds. The number of likely N-dealkylation sites (N-methyl/N-ethyl adjacent to an activating group) is 1. The number of rotatable bonds is 3. The number of hydrogen-bond acceptors (Lipinski definition) is 3. The van der Waals surface area contributed by atoms with Gasteiger partial charge >= 0.3 is 0 Å². The van der Waals surface area contributed by atoms with Crippen molar-refractivity contribution in [3.63, 3.8) is 0 Å². The zero-order valence-electron chi connectivity index (χ0n) is 9.32. The van der Waals surface area contributed by atoms with Gasteiger partial charge in [0.1, 0.15) is 0 Å². The summed E-state index contributed by atoms with van der Waals surface area (Å²) in [6.07, 6.45) is 1.05. The maximum absolute atomic E-state index is 9.36. The molecule has 0 radical (unpaired) electrons. The summed E-state index contributed by atoms with van der Waals surface area (Å²) in [5.41, 5.74) is 2.03. The third kappa shape index (κ3) is 2.39. The summed E-state index contributed by atoms with van der Waals surface area (Å²) in [5, 5.41) is 9.36. The van der Waals surface area contributed by atoms with Gasteiger partial charge in [-0.3, -0.25) is 0 Å². The van der Waals surface area contributed by atoms with Gasteiger partial charge in [0.25, 0.3) is 0 Å². The highest BCUT2D eigenvalue weighted by molar-refractivity contribution is 9.10. The van der Waals surface area contributed by atoms with Gasteiger partial charge in [-0.1, -0.05) is 15.9 Å². The number of hydrogen-bond donors (Lipinski definition) is 1. The van der Waals surface area contributed by atoms with Crippen LogP contribution in [-0.2, 0) is 11.3 Å². The van der Waals surface area contributed by atoms with Crippen molar-refractivity contribution >= 4 is 21.6 Å². The summed E-state index contributed by atoms with van der Waals surface area (Å²) in [4.78, 5) is 2.20. The molecule has 1 aliphatic rings. The molecule has 0 aromatic heterocycles. The van der Waals surface area contributed by atoms with Crippen molar-refractivity contribution < 1.29 is 9.84 Å². The number of ether oxygens (including phenoxy) is 1. The summed E-state index contributed by atoms with van der Waals surface area (Å²) in [7, 11) is 2.06. The molecule has 1 saturated heterocycles. The van der Waals surface area contributed by atoms with E-state index < -0.39 is 0 Å². The molecule has 1 aromatic rings. The Kier molecular flexibility index (Phi) is 3.84. The first-order valence-electron chi connectivity index (χ1n) is 5.42. The van der Waals surface area contributed by atoms with Gasteiger partial charge in [-0.15, -0.1) is 0 Å². The lowest BCUT2D eigenvalue weighted by Gasteiger charge is -2.27. The third-order valence-electron chi connectivity index (χ3n) is 3.05. The highest BCUT2D eigenvalue weighted by Gasteiger charge is 2.21. The van der Waals surface area contributed by atoms with Crippen molar-refractivity contribution in [2.24, 2.45) is 0 Å². The maximum Gasteiger partial charge on any atom is 0.0702 e. The molecule has 0 bridgehead atoms. The van der Waals surface area contributed by atoms with E-state index in [0.29, 0.717) is 6.04 Å². The lowest BCUT2D eigenvalue weighted by Crippen LogP contribution is -2.32. The Morgan fingerprint density at radius 1 is 1.56 bits per heavy atom. The number of aliphatic hydroxyl groups excluding tert-OH is 1. The number of anilines is 1. The van der Waals surface area contributed by atoms with Crippen molar-refractivity contribution in [1.29, 1.82) is 0 Å². The van der Waals surface area contributed by atoms with Crippen LogP contribution in [-0.4, -0.2) is 31.4 Å². The highest BCUT2D eigenvalue weighted by atomic mass is 79.9. The summed E-state index contributed by atoms with van der Waals surface area (Å²) in [6.45, 7) is 1.67. The van der Waals surface area contributed by atoms with Crippen LogP contribution < -0.4 is 4.90 Å². The number of nitrogens with zero attached hydrogens (tertiary/aromatic N) is 1. The van der Waals surface area contributed by atoms with E-state index in [1.165, 1.54) is 0 Å². The predicted molar refractivity (Wildman–Crippen MR) is 67.7 cm³/mol. The molecule has 88 valence electrons. The molecule has 1 aromatic carbocycles. The van der Waals surface area contributed by atoms with Gasteiger partial charge in [0.05, 0.1) is 19.3 Å². The minimum atomic E-state index is 0.0622. The minimum absolute atomic E-state index is 0.0622. The minimum Gasteiger partial charge on any atom is -0.392 e. The van der Waals surface area contributed by atoms with Crippen molar-refractivity contribution in [2.75, 3.05) is 25.2 Å². The highest BCUT2D eigenvalue weighted by Crippen LogP contribution is 2.27. The van der Waals surface area contributed by atoms with Gasteiger partial charge in [-0.2, -0.15) is 0 Å². The fourth-order valence-electron chi connectivity index (χ4n) is 2.05. The zero-order chi connectivity index (χ0) is 11.5. The Labute approximate surface area is 104 Å². The van der Waals surface area contributed by atoms with Gasteiger partial charge < -0.3 is 14.7 Å². The Bertz CT molecular complexity index is 364. The van der Waals surface area contributed by atoms with Gasteiger partial charge in [-0.05, 0) is 24.6 Å². The van der Waals surface area contributed by atoms with Crippen LogP contribution in [0.5, 0.6) is 0 Å². The molecule has 16 heavy (non-hydrogen) atoms. The van der Waals surface area contributed by atoms with E-state index in [1.807, 2.05) is 18.2 Å². The average molecular weight is 286 g/mol. The second-order valence-electron chi connectivity index (χ2n) is 4.06. The SMILES string of the molecule is CN(c1ccc(Br)cc1CO)C1CCOC1. The van der Waals surface area contributed by atoms with Crippen LogP contribution in [0.4, 0.5) is 5.69 Å². The Morgan fingerprint density at radius 3 is 3.00 bits per heavy atom. The molecular weight excluding hydrogens is 270 g/mol. The van der Waals surface area contributed by atoms with Gasteiger partial charge in [-0.25, -0.2) is 0 Å². The normalized spacial score (nSPS) is 20.1. The average Bonchev–Trinajstić information content (AvgIpc) is 2.81. The van der Waals surface area contributed by atoms with E-state index in [2.05, 4.69) is 27.9 Å². The fraction of sp³-hybridized carbons (Fsp3) is 0.500. The molecule has 1 N–H and O–H groups in total. The number of halogens is 1. The molecule has 1 aliphatic heterocycles. The second-order valence-corrected chi connectivity index (χ2v) is 4.98. The van der Waals surface area contributed by atoms with E-state index in [-0.39, 0.29) is 6.61 Å². The van der Waals surface area contributed by atoms with Gasteiger partial charge in [0.2, 0.25) is 0 Å². The first-order chi connectivity index (χ1) is 7.72. The molecule has 3 nitrogen and oxygen atoms in total. The summed E-state index contributed by atoms with van der Waals surface area (Å²) >= 11 is 3.42. The van der Waals surface area contributed by atoms with Crippen LogP contribution in [0.3, 0.4) is 0 Å². The fourth-order valence-corrected chi connectivity index (χ4v) is 2.46. The maximum atomic E-state index is 9.36. The van der Waals surface area contributed by atoms with Crippen molar-refractivity contribution in [1.82, 2.24) is 0 Å². The monoisotopic (exact) mass is 285 g/mol. The summed E-state index contributed by atoms with van der Waals surface area (Å²) in [6, 6.07) is 6.42. The number of benzene rings is 1. The van der Waals surface area contributed by atoms with E-state index in [4.69, 9.17) is 4.74 Å². The van der Waals surface area contributed by atoms with Gasteiger partial charge in [0, 0.05) is 29.4 Å². The Balaban J connectivity index is 2.24. The lowest BCUT2D eigenvalue weighted by atomic mass is 10.1. The molecule has 1 fully saturated rings. The van der Waals surface area contributed by atoms with Gasteiger partial charge in [0.15, 0.2) is 0 Å². The predicted octanol–water partition coefficient (Wildman–Crippen LogP) is 2.17. The molecule has 2 rings (SSSR count). The van der Waals surface area contributed by atoms with Crippen molar-refractivity contribution in [2.45, 2.75) is 19.1 Å². The quantitative estimate of drug-likeness (QED) is 0.924. The van der Waals surface area contributed by atoms with Crippen LogP contribution in [0.15, 0.2) is 22.7 Å². The van der Waals surface area contributed by atoms with Crippen LogP contribution in [0.25, 0.3) is 0 Å². The topological polar surface area (TPSA) is 32.7 Å². The molecular formula is C12H16BrNO2. The standard InChI is InChI=1S/C12H16BrNO2/c1-14(11-4-5-16-8-11)12-3-2-10(13)6-9(12)7-15/h2-3,6,11,15H,4-5,7-8H2,1H3. The second kappa shape index (κ2) is 5.17. The molecule has 1 atom stereocenters. The molecule has 4 heteroatoms. The van der Waals surface area contributed by atoms with Crippen molar-refractivity contribution in [3.05, 3.63) is 28.2 Å². The summed E-state index contributed by atoms with van der Waals surface area (Å²) in [5.74, 6) is 0. The van der Waals surface area contributed by atoms with Crippen LogP contribution in [0, 0.1) is 0 Å². The Hall–Kier alpha value is -0.580. The molecule has 0 saturated carbocycles. The first-order valence-corrected chi connectivity index (χ1v) is 6.21. The Morgan fingerprint density at radius 2 is 2.38 bits per heavy atom. The number of aliphatic hydroxyl groups is 1. The van der Waals surface area contributed by atoms with E-state index >= 15 is 0 Å². The van der Waals surface area contributed by atoms with E-state index in [9.17, 15) is 5.11 Å². The van der Waals surface area contributed by atoms with E-state index in [0.717, 1.165) is 35.4 Å². The largest absolute Gasteiger partial charge is 0.392 e. The molecule has 0 spiro atoms.